The first-order valence-electron chi connectivity index (χ1n) is 9.55. The van der Waals surface area contributed by atoms with E-state index in [0.717, 1.165) is 27.8 Å². The number of amides is 1. The number of benzene rings is 3. The van der Waals surface area contributed by atoms with Crippen LogP contribution in [0.3, 0.4) is 0 Å². The standard InChI is InChI=1S/C24H22N2O3/c27-24(29-20-9-5-2-6-10-20)25-14-13-19-16-26-23-15-21(11-12-22(19)23)28-17-18-7-3-1-4-8-18/h1-12,15-16,26H,13-14,17H2,(H,25,27). The molecule has 0 saturated heterocycles. The minimum Gasteiger partial charge on any atom is -0.489 e. The van der Waals surface area contributed by atoms with Crippen molar-refractivity contribution < 1.29 is 14.3 Å². The molecule has 0 radical (unpaired) electrons. The van der Waals surface area contributed by atoms with Gasteiger partial charge in [-0.2, -0.15) is 0 Å². The average molecular weight is 386 g/mol. The van der Waals surface area contributed by atoms with Crippen LogP contribution in [-0.2, 0) is 13.0 Å². The Kier molecular flexibility index (Phi) is 5.76. The topological polar surface area (TPSA) is 63.4 Å². The van der Waals surface area contributed by atoms with E-state index in [9.17, 15) is 4.79 Å². The van der Waals surface area contributed by atoms with E-state index in [-0.39, 0.29) is 0 Å². The zero-order chi connectivity index (χ0) is 19.9. The predicted octanol–water partition coefficient (Wildman–Crippen LogP) is 5.08. The molecule has 1 heterocycles. The van der Waals surface area contributed by atoms with Crippen molar-refractivity contribution in [2.75, 3.05) is 6.54 Å². The molecule has 0 spiro atoms. The minimum absolute atomic E-state index is 0.451. The molecule has 0 fully saturated rings. The lowest BCUT2D eigenvalue weighted by Crippen LogP contribution is -2.28. The Hall–Kier alpha value is -3.73. The molecule has 0 aliphatic heterocycles. The number of carbonyl (C=O) groups excluding carboxylic acids is 1. The Balaban J connectivity index is 1.31. The van der Waals surface area contributed by atoms with Crippen LogP contribution < -0.4 is 14.8 Å². The SMILES string of the molecule is O=C(NCCc1c[nH]c2cc(OCc3ccccc3)ccc12)Oc1ccccc1. The third-order valence-corrected chi connectivity index (χ3v) is 4.60. The first kappa shape index (κ1) is 18.6. The van der Waals surface area contributed by atoms with Crippen molar-refractivity contribution in [3.8, 4) is 11.5 Å². The molecule has 1 amide bonds. The van der Waals surface area contributed by atoms with Gasteiger partial charge >= 0.3 is 6.09 Å². The number of hydrogen-bond donors (Lipinski definition) is 2. The zero-order valence-corrected chi connectivity index (χ0v) is 15.9. The molecule has 0 bridgehead atoms. The summed E-state index contributed by atoms with van der Waals surface area (Å²) in [5.41, 5.74) is 3.28. The van der Waals surface area contributed by atoms with E-state index >= 15 is 0 Å². The maximum absolute atomic E-state index is 11.9. The van der Waals surface area contributed by atoms with Crippen LogP contribution >= 0.6 is 0 Å². The van der Waals surface area contributed by atoms with E-state index in [4.69, 9.17) is 9.47 Å². The van der Waals surface area contributed by atoms with E-state index in [1.54, 1.807) is 12.1 Å². The number of nitrogens with one attached hydrogen (secondary N) is 2. The van der Waals surface area contributed by atoms with Gasteiger partial charge in [-0.05, 0) is 41.8 Å². The van der Waals surface area contributed by atoms with E-state index in [1.807, 2.05) is 72.9 Å². The van der Waals surface area contributed by atoms with Gasteiger partial charge in [0, 0.05) is 29.7 Å². The summed E-state index contributed by atoms with van der Waals surface area (Å²) < 4.78 is 11.1. The monoisotopic (exact) mass is 386 g/mol. The van der Waals surface area contributed by atoms with Crippen LogP contribution in [0.4, 0.5) is 4.79 Å². The number of aromatic amines is 1. The van der Waals surface area contributed by atoms with Gasteiger partial charge in [-0.3, -0.25) is 0 Å². The summed E-state index contributed by atoms with van der Waals surface area (Å²) in [7, 11) is 0. The highest BCUT2D eigenvalue weighted by Gasteiger charge is 2.07. The van der Waals surface area contributed by atoms with Crippen LogP contribution in [0.25, 0.3) is 10.9 Å². The average Bonchev–Trinajstić information content (AvgIpc) is 3.16. The van der Waals surface area contributed by atoms with Crippen LogP contribution in [0.5, 0.6) is 11.5 Å². The van der Waals surface area contributed by atoms with Crippen molar-refractivity contribution in [1.82, 2.24) is 10.3 Å². The second-order valence-electron chi connectivity index (χ2n) is 6.67. The quantitative estimate of drug-likeness (QED) is 0.466. The van der Waals surface area contributed by atoms with E-state index in [2.05, 4.69) is 10.3 Å². The highest BCUT2D eigenvalue weighted by molar-refractivity contribution is 5.84. The number of para-hydroxylation sites is 1. The van der Waals surface area contributed by atoms with E-state index in [0.29, 0.717) is 25.3 Å². The Morgan fingerprint density at radius 3 is 2.45 bits per heavy atom. The Labute approximate surface area is 169 Å². The van der Waals surface area contributed by atoms with Crippen LogP contribution in [0.1, 0.15) is 11.1 Å². The fourth-order valence-corrected chi connectivity index (χ4v) is 3.13. The predicted molar refractivity (Wildman–Crippen MR) is 113 cm³/mol. The van der Waals surface area contributed by atoms with Gasteiger partial charge in [-0.25, -0.2) is 4.79 Å². The van der Waals surface area contributed by atoms with Crippen molar-refractivity contribution >= 4 is 17.0 Å². The summed E-state index contributed by atoms with van der Waals surface area (Å²) in [6.07, 6.45) is 2.22. The molecule has 5 heteroatoms. The van der Waals surface area contributed by atoms with Gasteiger partial charge in [-0.15, -0.1) is 0 Å². The summed E-state index contributed by atoms with van der Waals surface area (Å²) >= 11 is 0. The summed E-state index contributed by atoms with van der Waals surface area (Å²) in [4.78, 5) is 15.2. The van der Waals surface area contributed by atoms with Gasteiger partial charge in [0.05, 0.1) is 0 Å². The fraction of sp³-hybridized carbons (Fsp3) is 0.125. The lowest BCUT2D eigenvalue weighted by atomic mass is 10.1. The molecule has 4 rings (SSSR count). The highest BCUT2D eigenvalue weighted by atomic mass is 16.6. The second-order valence-corrected chi connectivity index (χ2v) is 6.67. The number of ether oxygens (including phenoxy) is 2. The maximum Gasteiger partial charge on any atom is 0.412 e. The number of aromatic nitrogens is 1. The van der Waals surface area contributed by atoms with Crippen molar-refractivity contribution in [2.45, 2.75) is 13.0 Å². The first-order chi connectivity index (χ1) is 14.3. The van der Waals surface area contributed by atoms with E-state index < -0.39 is 6.09 Å². The van der Waals surface area contributed by atoms with E-state index in [1.165, 1.54) is 0 Å². The molecule has 0 unspecified atom stereocenters. The lowest BCUT2D eigenvalue weighted by Gasteiger charge is -2.07. The molecular weight excluding hydrogens is 364 g/mol. The normalized spacial score (nSPS) is 10.6. The van der Waals surface area contributed by atoms with Crippen LogP contribution in [0, 0.1) is 0 Å². The summed E-state index contributed by atoms with van der Waals surface area (Å²) in [6.45, 7) is 1.03. The molecule has 5 nitrogen and oxygen atoms in total. The molecule has 0 atom stereocenters. The summed E-state index contributed by atoms with van der Waals surface area (Å²) in [6, 6.07) is 25.1. The third-order valence-electron chi connectivity index (χ3n) is 4.60. The summed E-state index contributed by atoms with van der Waals surface area (Å²) in [5, 5.41) is 3.90. The van der Waals surface area contributed by atoms with Crippen molar-refractivity contribution in [3.63, 3.8) is 0 Å². The van der Waals surface area contributed by atoms with Crippen LogP contribution in [0.2, 0.25) is 0 Å². The van der Waals surface area contributed by atoms with Gasteiger partial charge in [0.15, 0.2) is 0 Å². The highest BCUT2D eigenvalue weighted by Crippen LogP contribution is 2.24. The molecule has 2 N–H and O–H groups in total. The molecule has 0 aliphatic carbocycles. The Morgan fingerprint density at radius 1 is 0.897 bits per heavy atom. The minimum atomic E-state index is -0.451. The molecule has 1 aromatic heterocycles. The largest absolute Gasteiger partial charge is 0.489 e. The van der Waals surface area contributed by atoms with Gasteiger partial charge in [-0.1, -0.05) is 48.5 Å². The fourth-order valence-electron chi connectivity index (χ4n) is 3.13. The van der Waals surface area contributed by atoms with Crippen molar-refractivity contribution in [3.05, 3.63) is 96.2 Å². The zero-order valence-electron chi connectivity index (χ0n) is 15.9. The van der Waals surface area contributed by atoms with Crippen molar-refractivity contribution in [2.24, 2.45) is 0 Å². The van der Waals surface area contributed by atoms with Crippen LogP contribution in [-0.4, -0.2) is 17.6 Å². The summed E-state index contributed by atoms with van der Waals surface area (Å²) in [5.74, 6) is 1.35. The van der Waals surface area contributed by atoms with Gasteiger partial charge in [0.2, 0.25) is 0 Å². The molecule has 4 aromatic rings. The number of H-pyrrole nitrogens is 1. The number of fused-ring (bicyclic) bond motifs is 1. The maximum atomic E-state index is 11.9. The molecule has 146 valence electrons. The molecule has 0 aliphatic rings. The number of rotatable bonds is 7. The molecular formula is C24H22N2O3. The third kappa shape index (κ3) is 4.96. The second kappa shape index (κ2) is 8.97. The molecule has 3 aromatic carbocycles. The smallest absolute Gasteiger partial charge is 0.412 e. The Bertz CT molecular complexity index is 1080. The molecule has 0 saturated carbocycles. The number of hydrogen-bond acceptors (Lipinski definition) is 3. The van der Waals surface area contributed by atoms with Gasteiger partial charge in [0.25, 0.3) is 0 Å². The Morgan fingerprint density at radius 2 is 1.66 bits per heavy atom. The van der Waals surface area contributed by atoms with Gasteiger partial charge in [0.1, 0.15) is 18.1 Å². The number of carbonyl (C=O) groups is 1. The van der Waals surface area contributed by atoms with Crippen molar-refractivity contribution in [1.29, 1.82) is 0 Å². The van der Waals surface area contributed by atoms with Crippen LogP contribution in [0.15, 0.2) is 85.1 Å². The van der Waals surface area contributed by atoms with Gasteiger partial charge < -0.3 is 19.8 Å². The first-order valence-corrected chi connectivity index (χ1v) is 9.55. The molecule has 29 heavy (non-hydrogen) atoms. The lowest BCUT2D eigenvalue weighted by molar-refractivity contribution is 0.200.